The number of halogens is 1. The second kappa shape index (κ2) is 5.28. The quantitative estimate of drug-likeness (QED) is 0.869. The molecule has 0 aromatic heterocycles. The highest BCUT2D eigenvalue weighted by Crippen LogP contribution is 2.34. The second-order valence-corrected chi connectivity index (χ2v) is 5.56. The Labute approximate surface area is 108 Å². The van der Waals surface area contributed by atoms with E-state index in [1.807, 2.05) is 18.2 Å². The average molecular weight is 254 g/mol. The zero-order valence-electron chi connectivity index (χ0n) is 10.5. The Hall–Kier alpha value is -0.730. The van der Waals surface area contributed by atoms with Crippen LogP contribution in [0.25, 0.3) is 0 Å². The smallest absolute Gasteiger partial charge is 0.0702 e. The maximum Gasteiger partial charge on any atom is 0.0702 e. The van der Waals surface area contributed by atoms with E-state index in [0.717, 1.165) is 23.7 Å². The molecule has 0 heterocycles. The minimum atomic E-state index is 0.0454. The predicted molar refractivity (Wildman–Crippen MR) is 72.6 cm³/mol. The maximum absolute atomic E-state index is 9.44. The lowest BCUT2D eigenvalue weighted by Crippen LogP contribution is -2.33. The summed E-state index contributed by atoms with van der Waals surface area (Å²) in [6.07, 6.45) is 2.68. The summed E-state index contributed by atoms with van der Waals surface area (Å²) < 4.78 is 0. The Morgan fingerprint density at radius 2 is 2.12 bits per heavy atom. The molecule has 0 unspecified atom stereocenters. The highest BCUT2D eigenvalue weighted by atomic mass is 35.5. The number of aliphatic hydroxyl groups is 1. The van der Waals surface area contributed by atoms with Crippen molar-refractivity contribution in [2.45, 2.75) is 39.3 Å². The number of aliphatic hydroxyl groups excluding tert-OH is 1. The van der Waals surface area contributed by atoms with Gasteiger partial charge >= 0.3 is 0 Å². The highest BCUT2D eigenvalue weighted by Gasteiger charge is 2.26. The fraction of sp³-hybridized carbons (Fsp3) is 0.571. The summed E-state index contributed by atoms with van der Waals surface area (Å²) in [4.78, 5) is 2.37. The Morgan fingerprint density at radius 3 is 2.65 bits per heavy atom. The minimum Gasteiger partial charge on any atom is -0.392 e. The van der Waals surface area contributed by atoms with E-state index in [9.17, 15) is 5.11 Å². The van der Waals surface area contributed by atoms with Crippen molar-refractivity contribution in [3.63, 3.8) is 0 Å². The molecule has 17 heavy (non-hydrogen) atoms. The van der Waals surface area contributed by atoms with Crippen LogP contribution in [0.5, 0.6) is 0 Å². The van der Waals surface area contributed by atoms with E-state index in [4.69, 9.17) is 11.6 Å². The average Bonchev–Trinajstić information content (AvgIpc) is 3.09. The molecule has 2 rings (SSSR count). The Bertz CT molecular complexity index is 388. The van der Waals surface area contributed by atoms with Gasteiger partial charge in [-0.3, -0.25) is 0 Å². The first-order valence-electron chi connectivity index (χ1n) is 6.27. The van der Waals surface area contributed by atoms with Crippen LogP contribution in [0, 0.1) is 5.92 Å². The monoisotopic (exact) mass is 253 g/mol. The van der Waals surface area contributed by atoms with Crippen LogP contribution in [0.1, 0.15) is 32.3 Å². The zero-order valence-corrected chi connectivity index (χ0v) is 11.2. The van der Waals surface area contributed by atoms with Gasteiger partial charge in [-0.2, -0.15) is 0 Å². The van der Waals surface area contributed by atoms with E-state index >= 15 is 0 Å². The lowest BCUT2D eigenvalue weighted by molar-refractivity contribution is 0.282. The summed E-state index contributed by atoms with van der Waals surface area (Å²) in [5, 5.41) is 10.1. The number of hydrogen-bond donors (Lipinski definition) is 1. The van der Waals surface area contributed by atoms with E-state index in [0.29, 0.717) is 11.1 Å². The molecule has 1 aliphatic carbocycles. The molecule has 1 N–H and O–H groups in total. The summed E-state index contributed by atoms with van der Waals surface area (Å²) in [5.74, 6) is 0.833. The molecule has 1 fully saturated rings. The van der Waals surface area contributed by atoms with Gasteiger partial charge in [-0.15, -0.1) is 0 Å². The molecule has 0 spiro atoms. The van der Waals surface area contributed by atoms with Gasteiger partial charge in [0, 0.05) is 28.9 Å². The summed E-state index contributed by atoms with van der Waals surface area (Å²) in [5.41, 5.74) is 2.05. The van der Waals surface area contributed by atoms with E-state index in [-0.39, 0.29) is 6.61 Å². The molecule has 2 nitrogen and oxygen atoms in total. The van der Waals surface area contributed by atoms with Gasteiger partial charge in [0.2, 0.25) is 0 Å². The largest absolute Gasteiger partial charge is 0.392 e. The lowest BCUT2D eigenvalue weighted by Gasteiger charge is -2.31. The summed E-state index contributed by atoms with van der Waals surface area (Å²) in [7, 11) is 0. The molecule has 1 aliphatic rings. The molecule has 0 atom stereocenters. The SMILES string of the molecule is CC(C)N(CC1CC1)c1ccc(Cl)cc1CO. The summed E-state index contributed by atoms with van der Waals surface area (Å²) >= 11 is 5.97. The third kappa shape index (κ3) is 3.14. The van der Waals surface area contributed by atoms with Crippen molar-refractivity contribution >= 4 is 17.3 Å². The van der Waals surface area contributed by atoms with E-state index in [2.05, 4.69) is 18.7 Å². The number of hydrogen-bond acceptors (Lipinski definition) is 2. The van der Waals surface area contributed by atoms with Gasteiger partial charge in [0.25, 0.3) is 0 Å². The molecule has 3 heteroatoms. The van der Waals surface area contributed by atoms with Crippen LogP contribution in [0.4, 0.5) is 5.69 Å². The first kappa shape index (κ1) is 12.7. The van der Waals surface area contributed by atoms with E-state index in [1.165, 1.54) is 12.8 Å². The number of nitrogens with zero attached hydrogens (tertiary/aromatic N) is 1. The van der Waals surface area contributed by atoms with Crippen molar-refractivity contribution in [2.75, 3.05) is 11.4 Å². The molecule has 0 aliphatic heterocycles. The van der Waals surface area contributed by atoms with Gasteiger partial charge in [-0.05, 0) is 50.8 Å². The molecule has 0 saturated heterocycles. The molecule has 0 amide bonds. The molecule has 1 aromatic carbocycles. The molecule has 0 bridgehead atoms. The molecular formula is C14H20ClNO. The Kier molecular flexibility index (Phi) is 3.95. The van der Waals surface area contributed by atoms with Gasteiger partial charge in [0.05, 0.1) is 6.61 Å². The molecular weight excluding hydrogens is 234 g/mol. The van der Waals surface area contributed by atoms with E-state index in [1.54, 1.807) is 0 Å². The highest BCUT2D eigenvalue weighted by molar-refractivity contribution is 6.30. The van der Waals surface area contributed by atoms with Gasteiger partial charge in [0.1, 0.15) is 0 Å². The number of rotatable bonds is 5. The minimum absolute atomic E-state index is 0.0454. The molecule has 94 valence electrons. The fourth-order valence-corrected chi connectivity index (χ4v) is 2.32. The van der Waals surface area contributed by atoms with Crippen molar-refractivity contribution < 1.29 is 5.11 Å². The van der Waals surface area contributed by atoms with Gasteiger partial charge in [-0.1, -0.05) is 11.6 Å². The van der Waals surface area contributed by atoms with Crippen LogP contribution in [-0.2, 0) is 6.61 Å². The first-order chi connectivity index (χ1) is 8.11. The summed E-state index contributed by atoms with van der Waals surface area (Å²) in [6.45, 7) is 5.52. The van der Waals surface area contributed by atoms with Crippen molar-refractivity contribution in [2.24, 2.45) is 5.92 Å². The predicted octanol–water partition coefficient (Wildman–Crippen LogP) is 3.46. The maximum atomic E-state index is 9.44. The van der Waals surface area contributed by atoms with E-state index < -0.39 is 0 Å². The van der Waals surface area contributed by atoms with Crippen LogP contribution in [0.2, 0.25) is 5.02 Å². The molecule has 1 saturated carbocycles. The number of anilines is 1. The van der Waals surface area contributed by atoms with Crippen LogP contribution >= 0.6 is 11.6 Å². The van der Waals surface area contributed by atoms with Crippen LogP contribution in [0.15, 0.2) is 18.2 Å². The van der Waals surface area contributed by atoms with Crippen LogP contribution < -0.4 is 4.90 Å². The topological polar surface area (TPSA) is 23.5 Å². The normalized spacial score (nSPS) is 15.4. The standard InChI is InChI=1S/C14H20ClNO/c1-10(2)16(8-11-3-4-11)14-6-5-13(15)7-12(14)9-17/h5-7,10-11,17H,3-4,8-9H2,1-2H3. The second-order valence-electron chi connectivity index (χ2n) is 5.12. The van der Waals surface area contributed by atoms with Crippen molar-refractivity contribution in [3.8, 4) is 0 Å². The third-order valence-electron chi connectivity index (χ3n) is 3.30. The Morgan fingerprint density at radius 1 is 1.41 bits per heavy atom. The first-order valence-corrected chi connectivity index (χ1v) is 6.65. The van der Waals surface area contributed by atoms with Gasteiger partial charge < -0.3 is 10.0 Å². The van der Waals surface area contributed by atoms with Gasteiger partial charge in [0.15, 0.2) is 0 Å². The van der Waals surface area contributed by atoms with Crippen LogP contribution in [0.3, 0.4) is 0 Å². The van der Waals surface area contributed by atoms with Crippen LogP contribution in [-0.4, -0.2) is 17.7 Å². The van der Waals surface area contributed by atoms with Crippen molar-refractivity contribution in [3.05, 3.63) is 28.8 Å². The van der Waals surface area contributed by atoms with Crippen molar-refractivity contribution in [1.29, 1.82) is 0 Å². The van der Waals surface area contributed by atoms with Crippen molar-refractivity contribution in [1.82, 2.24) is 0 Å². The Balaban J connectivity index is 2.26. The lowest BCUT2D eigenvalue weighted by atomic mass is 10.1. The van der Waals surface area contributed by atoms with Gasteiger partial charge in [-0.25, -0.2) is 0 Å². The third-order valence-corrected chi connectivity index (χ3v) is 3.53. The molecule has 0 radical (unpaired) electrons. The summed E-state index contributed by atoms with van der Waals surface area (Å²) in [6, 6.07) is 6.23. The number of benzene rings is 1. The molecule has 1 aromatic rings. The fourth-order valence-electron chi connectivity index (χ4n) is 2.13. The zero-order chi connectivity index (χ0) is 12.4.